The molecule has 0 amide bonds. The van der Waals surface area contributed by atoms with E-state index in [1.807, 2.05) is 0 Å². The van der Waals surface area contributed by atoms with E-state index in [4.69, 9.17) is 9.84 Å². The van der Waals surface area contributed by atoms with E-state index in [9.17, 15) is 13.2 Å². The highest BCUT2D eigenvalue weighted by Gasteiger charge is 2.35. The Bertz CT molecular complexity index is 408. The minimum atomic E-state index is -4.49. The zero-order valence-corrected chi connectivity index (χ0v) is 10.8. The smallest absolute Gasteiger partial charge is 0.421 e. The summed E-state index contributed by atoms with van der Waals surface area (Å²) in [7, 11) is 0. The molecule has 0 aliphatic heterocycles. The molecule has 0 saturated carbocycles. The van der Waals surface area contributed by atoms with E-state index in [0.717, 1.165) is 6.07 Å². The Morgan fingerprint density at radius 1 is 1.37 bits per heavy atom. The van der Waals surface area contributed by atoms with Gasteiger partial charge in [0, 0.05) is 18.3 Å². The lowest BCUT2D eigenvalue weighted by atomic mass is 10.1. The van der Waals surface area contributed by atoms with Gasteiger partial charge in [-0.2, -0.15) is 13.2 Å². The molecule has 0 bridgehead atoms. The van der Waals surface area contributed by atoms with Gasteiger partial charge in [0.15, 0.2) is 0 Å². The number of halogens is 3. The normalized spacial score (nSPS) is 12.5. The monoisotopic (exact) mass is 278 g/mol. The molecule has 0 saturated heterocycles. The predicted molar refractivity (Wildman–Crippen MR) is 63.9 cm³/mol. The SMILES string of the molecule is CC(C)(COc1ncccc1C(F)(F)F)NCCO. The molecule has 4 nitrogen and oxygen atoms in total. The zero-order chi connectivity index (χ0) is 14.5. The second-order valence-electron chi connectivity index (χ2n) is 4.68. The first kappa shape index (κ1) is 15.7. The maximum absolute atomic E-state index is 12.7. The van der Waals surface area contributed by atoms with Gasteiger partial charge in [0.05, 0.1) is 6.61 Å². The van der Waals surface area contributed by atoms with Crippen LogP contribution in [0.2, 0.25) is 0 Å². The van der Waals surface area contributed by atoms with Crippen molar-refractivity contribution in [3.8, 4) is 5.88 Å². The summed E-state index contributed by atoms with van der Waals surface area (Å²) in [6.07, 6.45) is -3.25. The molecule has 0 aliphatic rings. The van der Waals surface area contributed by atoms with Crippen LogP contribution in [0.4, 0.5) is 13.2 Å². The Labute approximate surface area is 109 Å². The number of ether oxygens (including phenoxy) is 1. The Kier molecular flexibility index (Phi) is 5.13. The maximum Gasteiger partial charge on any atom is 0.421 e. The van der Waals surface area contributed by atoms with Crippen LogP contribution in [-0.2, 0) is 6.18 Å². The first-order valence-electron chi connectivity index (χ1n) is 5.77. The second-order valence-corrected chi connectivity index (χ2v) is 4.68. The summed E-state index contributed by atoms with van der Waals surface area (Å²) in [5.41, 5.74) is -1.46. The molecule has 2 N–H and O–H groups in total. The van der Waals surface area contributed by atoms with Crippen molar-refractivity contribution in [3.05, 3.63) is 23.9 Å². The fourth-order valence-corrected chi connectivity index (χ4v) is 1.42. The number of nitrogens with one attached hydrogen (secondary N) is 1. The number of hydrogen-bond donors (Lipinski definition) is 2. The molecule has 0 fully saturated rings. The van der Waals surface area contributed by atoms with Gasteiger partial charge in [-0.25, -0.2) is 4.98 Å². The lowest BCUT2D eigenvalue weighted by molar-refractivity contribution is -0.139. The van der Waals surface area contributed by atoms with Crippen molar-refractivity contribution < 1.29 is 23.0 Å². The molecular formula is C12H17F3N2O2. The standard InChI is InChI=1S/C12H17F3N2O2/c1-11(2,17-6-7-18)8-19-10-9(12(13,14)15)4-3-5-16-10/h3-5,17-18H,6-8H2,1-2H3. The average molecular weight is 278 g/mol. The molecule has 0 aromatic carbocycles. The molecule has 1 aromatic rings. The van der Waals surface area contributed by atoms with Crippen LogP contribution in [0.5, 0.6) is 5.88 Å². The number of nitrogens with zero attached hydrogens (tertiary/aromatic N) is 1. The summed E-state index contributed by atoms with van der Waals surface area (Å²) >= 11 is 0. The van der Waals surface area contributed by atoms with Crippen LogP contribution in [0.15, 0.2) is 18.3 Å². The number of alkyl halides is 3. The minimum Gasteiger partial charge on any atom is -0.475 e. The van der Waals surface area contributed by atoms with Gasteiger partial charge in [-0.3, -0.25) is 0 Å². The molecule has 0 radical (unpaired) electrons. The van der Waals surface area contributed by atoms with E-state index in [0.29, 0.717) is 6.54 Å². The number of pyridine rings is 1. The van der Waals surface area contributed by atoms with Crippen molar-refractivity contribution in [2.24, 2.45) is 0 Å². The van der Waals surface area contributed by atoms with Crippen LogP contribution in [0, 0.1) is 0 Å². The van der Waals surface area contributed by atoms with Gasteiger partial charge >= 0.3 is 6.18 Å². The Morgan fingerprint density at radius 3 is 2.63 bits per heavy atom. The molecule has 1 heterocycles. The summed E-state index contributed by atoms with van der Waals surface area (Å²) in [6.45, 7) is 3.82. The van der Waals surface area contributed by atoms with Crippen molar-refractivity contribution in [1.82, 2.24) is 10.3 Å². The Morgan fingerprint density at radius 2 is 2.05 bits per heavy atom. The maximum atomic E-state index is 12.7. The Balaban J connectivity index is 2.73. The van der Waals surface area contributed by atoms with Gasteiger partial charge in [-0.15, -0.1) is 0 Å². The summed E-state index contributed by atoms with van der Waals surface area (Å²) < 4.78 is 43.3. The molecule has 108 valence electrons. The zero-order valence-electron chi connectivity index (χ0n) is 10.8. The van der Waals surface area contributed by atoms with Crippen LogP contribution in [0.1, 0.15) is 19.4 Å². The first-order chi connectivity index (χ1) is 8.76. The average Bonchev–Trinajstić information content (AvgIpc) is 2.33. The summed E-state index contributed by atoms with van der Waals surface area (Å²) in [6, 6.07) is 2.14. The summed E-state index contributed by atoms with van der Waals surface area (Å²) in [4.78, 5) is 3.61. The van der Waals surface area contributed by atoms with Crippen molar-refractivity contribution in [2.45, 2.75) is 25.6 Å². The van der Waals surface area contributed by atoms with Crippen LogP contribution in [-0.4, -0.2) is 35.4 Å². The molecule has 19 heavy (non-hydrogen) atoms. The highest BCUT2D eigenvalue weighted by Crippen LogP contribution is 2.34. The number of rotatable bonds is 6. The van der Waals surface area contributed by atoms with Gasteiger partial charge in [0.1, 0.15) is 12.2 Å². The van der Waals surface area contributed by atoms with Crippen molar-refractivity contribution in [2.75, 3.05) is 19.8 Å². The topological polar surface area (TPSA) is 54.4 Å². The summed E-state index contributed by atoms with van der Waals surface area (Å²) in [5, 5.41) is 11.7. The highest BCUT2D eigenvalue weighted by molar-refractivity contribution is 5.28. The number of hydrogen-bond acceptors (Lipinski definition) is 4. The van der Waals surface area contributed by atoms with E-state index in [1.165, 1.54) is 12.3 Å². The number of aliphatic hydroxyl groups is 1. The van der Waals surface area contributed by atoms with Gasteiger partial charge in [0.25, 0.3) is 0 Å². The second kappa shape index (κ2) is 6.21. The molecule has 0 unspecified atom stereocenters. The van der Waals surface area contributed by atoms with Gasteiger partial charge in [-0.05, 0) is 26.0 Å². The molecule has 1 aromatic heterocycles. The van der Waals surface area contributed by atoms with Crippen molar-refractivity contribution in [1.29, 1.82) is 0 Å². The Hall–Kier alpha value is -1.34. The van der Waals surface area contributed by atoms with Crippen molar-refractivity contribution in [3.63, 3.8) is 0 Å². The molecule has 0 aliphatic carbocycles. The lowest BCUT2D eigenvalue weighted by Crippen LogP contribution is -2.45. The molecule has 0 atom stereocenters. The van der Waals surface area contributed by atoms with Crippen LogP contribution in [0.25, 0.3) is 0 Å². The van der Waals surface area contributed by atoms with E-state index >= 15 is 0 Å². The molecular weight excluding hydrogens is 261 g/mol. The van der Waals surface area contributed by atoms with Gasteiger partial charge in [-0.1, -0.05) is 0 Å². The number of aromatic nitrogens is 1. The van der Waals surface area contributed by atoms with Crippen LogP contribution >= 0.6 is 0 Å². The predicted octanol–water partition coefficient (Wildman–Crippen LogP) is 1.84. The molecule has 1 rings (SSSR count). The lowest BCUT2D eigenvalue weighted by Gasteiger charge is -2.26. The quantitative estimate of drug-likeness (QED) is 0.833. The highest BCUT2D eigenvalue weighted by atomic mass is 19.4. The number of β-amino-alcohol motifs (C(OH)–C–C–N with tert-alkyl or cyclic N) is 1. The first-order valence-corrected chi connectivity index (χ1v) is 5.77. The van der Waals surface area contributed by atoms with E-state index in [2.05, 4.69) is 10.3 Å². The summed E-state index contributed by atoms with van der Waals surface area (Å²) in [5.74, 6) is -0.436. The van der Waals surface area contributed by atoms with Crippen molar-refractivity contribution >= 4 is 0 Å². The van der Waals surface area contributed by atoms with Gasteiger partial charge < -0.3 is 15.2 Å². The van der Waals surface area contributed by atoms with Gasteiger partial charge in [0.2, 0.25) is 5.88 Å². The van der Waals surface area contributed by atoms with E-state index in [1.54, 1.807) is 13.8 Å². The van der Waals surface area contributed by atoms with Crippen LogP contribution < -0.4 is 10.1 Å². The fourth-order valence-electron chi connectivity index (χ4n) is 1.42. The molecule has 7 heteroatoms. The third-order valence-electron chi connectivity index (χ3n) is 2.36. The van der Waals surface area contributed by atoms with E-state index in [-0.39, 0.29) is 13.2 Å². The van der Waals surface area contributed by atoms with Crippen LogP contribution in [0.3, 0.4) is 0 Å². The van der Waals surface area contributed by atoms with E-state index < -0.39 is 23.2 Å². The third kappa shape index (κ3) is 5.04. The number of aliphatic hydroxyl groups excluding tert-OH is 1. The fraction of sp³-hybridized carbons (Fsp3) is 0.583. The third-order valence-corrected chi connectivity index (χ3v) is 2.36. The molecule has 0 spiro atoms. The minimum absolute atomic E-state index is 0.00704. The largest absolute Gasteiger partial charge is 0.475 e.